The van der Waals surface area contributed by atoms with E-state index in [1.54, 1.807) is 0 Å². The number of carbonyl (C=O) groups is 1. The van der Waals surface area contributed by atoms with Crippen LogP contribution in [0.3, 0.4) is 0 Å². The lowest BCUT2D eigenvalue weighted by molar-refractivity contribution is -0.142. The number of esters is 1. The molecule has 5 heteroatoms. The van der Waals surface area contributed by atoms with Crippen molar-refractivity contribution in [3.8, 4) is 11.5 Å². The van der Waals surface area contributed by atoms with Gasteiger partial charge >= 0.3 is 5.97 Å². The Hall–Kier alpha value is -1.75. The Morgan fingerprint density at radius 3 is 2.95 bits per heavy atom. The van der Waals surface area contributed by atoms with Crippen LogP contribution in [0.15, 0.2) is 24.3 Å². The Bertz CT molecular complexity index is 435. The van der Waals surface area contributed by atoms with Gasteiger partial charge in [0.25, 0.3) is 0 Å². The topological polar surface area (TPSA) is 56.8 Å². The number of methoxy groups -OCH3 is 1. The van der Waals surface area contributed by atoms with E-state index in [4.69, 9.17) is 14.2 Å². The normalized spacial score (nSPS) is 22.0. The van der Waals surface area contributed by atoms with E-state index in [1.165, 1.54) is 7.11 Å². The smallest absolute Gasteiger partial charge is 0.323 e. The third-order valence-corrected chi connectivity index (χ3v) is 3.00. The van der Waals surface area contributed by atoms with Crippen molar-refractivity contribution in [3.05, 3.63) is 24.3 Å². The molecule has 0 aliphatic carbocycles. The highest BCUT2D eigenvalue weighted by Crippen LogP contribution is 2.22. The van der Waals surface area contributed by atoms with Crippen LogP contribution in [0.5, 0.6) is 11.5 Å². The van der Waals surface area contributed by atoms with Gasteiger partial charge in [0.2, 0.25) is 0 Å². The van der Waals surface area contributed by atoms with Crippen LogP contribution in [0.4, 0.5) is 0 Å². The zero-order chi connectivity index (χ0) is 13.7. The molecule has 2 unspecified atom stereocenters. The van der Waals surface area contributed by atoms with Gasteiger partial charge in [-0.15, -0.1) is 0 Å². The second-order valence-electron chi connectivity index (χ2n) is 4.37. The summed E-state index contributed by atoms with van der Waals surface area (Å²) in [5.41, 5.74) is 0. The zero-order valence-electron chi connectivity index (χ0n) is 11.2. The Balaban J connectivity index is 1.91. The first-order valence-electron chi connectivity index (χ1n) is 6.43. The molecule has 1 aromatic carbocycles. The lowest BCUT2D eigenvalue weighted by Gasteiger charge is -2.13. The van der Waals surface area contributed by atoms with Crippen molar-refractivity contribution in [3.63, 3.8) is 0 Å². The first-order valence-corrected chi connectivity index (χ1v) is 6.43. The van der Waals surface area contributed by atoms with E-state index in [1.807, 2.05) is 31.2 Å². The fraction of sp³-hybridized carbons (Fsp3) is 0.500. The van der Waals surface area contributed by atoms with Gasteiger partial charge in [0.1, 0.15) is 23.6 Å². The maximum atomic E-state index is 11.4. The minimum Gasteiger partial charge on any atom is -0.494 e. The summed E-state index contributed by atoms with van der Waals surface area (Å²) in [6.45, 7) is 3.20. The molecule has 1 fully saturated rings. The van der Waals surface area contributed by atoms with Crippen LogP contribution in [-0.4, -0.2) is 38.4 Å². The molecule has 0 saturated carbocycles. The van der Waals surface area contributed by atoms with Gasteiger partial charge in [-0.05, 0) is 19.1 Å². The lowest BCUT2D eigenvalue weighted by Crippen LogP contribution is -2.31. The van der Waals surface area contributed by atoms with E-state index in [9.17, 15) is 4.79 Å². The molecular weight excluding hydrogens is 246 g/mol. The van der Waals surface area contributed by atoms with E-state index in [0.29, 0.717) is 19.6 Å². The Morgan fingerprint density at radius 2 is 2.21 bits per heavy atom. The molecule has 1 N–H and O–H groups in total. The fourth-order valence-corrected chi connectivity index (χ4v) is 2.11. The van der Waals surface area contributed by atoms with E-state index in [2.05, 4.69) is 5.32 Å². The summed E-state index contributed by atoms with van der Waals surface area (Å²) in [6, 6.07) is 7.24. The van der Waals surface area contributed by atoms with Gasteiger partial charge in [-0.2, -0.15) is 0 Å². The summed E-state index contributed by atoms with van der Waals surface area (Å²) in [6.07, 6.45) is 0.590. The highest BCUT2D eigenvalue weighted by atomic mass is 16.5. The van der Waals surface area contributed by atoms with Crippen molar-refractivity contribution in [1.29, 1.82) is 0 Å². The minimum absolute atomic E-state index is 0.0269. The molecule has 0 aromatic heterocycles. The summed E-state index contributed by atoms with van der Waals surface area (Å²) in [7, 11) is 1.39. The Kier molecular flexibility index (Phi) is 4.63. The van der Waals surface area contributed by atoms with E-state index in [-0.39, 0.29) is 18.1 Å². The molecule has 0 bridgehead atoms. The molecular formula is C14H19NO4. The van der Waals surface area contributed by atoms with Gasteiger partial charge in [0.05, 0.1) is 13.7 Å². The molecule has 104 valence electrons. The zero-order valence-corrected chi connectivity index (χ0v) is 11.2. The summed E-state index contributed by atoms with van der Waals surface area (Å²) < 4.78 is 16.0. The van der Waals surface area contributed by atoms with Crippen molar-refractivity contribution in [2.24, 2.45) is 0 Å². The van der Waals surface area contributed by atoms with Gasteiger partial charge in [0, 0.05) is 19.0 Å². The number of nitrogens with one attached hydrogen (secondary N) is 1. The van der Waals surface area contributed by atoms with Crippen LogP contribution in [-0.2, 0) is 9.53 Å². The van der Waals surface area contributed by atoms with Crippen molar-refractivity contribution >= 4 is 5.97 Å². The van der Waals surface area contributed by atoms with E-state index in [0.717, 1.165) is 11.5 Å². The van der Waals surface area contributed by atoms with Crippen molar-refractivity contribution in [1.82, 2.24) is 5.32 Å². The monoisotopic (exact) mass is 265 g/mol. The van der Waals surface area contributed by atoms with Crippen molar-refractivity contribution in [2.45, 2.75) is 25.5 Å². The standard InChI is InChI=1S/C14H19NO4/c1-3-18-10-5-4-6-11(7-10)19-12-8-13(15-9-12)14(16)17-2/h4-7,12-13,15H,3,8-9H2,1-2H3. The fourth-order valence-electron chi connectivity index (χ4n) is 2.11. The molecule has 19 heavy (non-hydrogen) atoms. The van der Waals surface area contributed by atoms with Gasteiger partial charge in [-0.25, -0.2) is 0 Å². The third kappa shape index (κ3) is 3.61. The number of ether oxygens (including phenoxy) is 3. The van der Waals surface area contributed by atoms with Gasteiger partial charge < -0.3 is 19.5 Å². The van der Waals surface area contributed by atoms with Crippen LogP contribution in [0.1, 0.15) is 13.3 Å². The predicted octanol–water partition coefficient (Wildman–Crippen LogP) is 1.37. The molecule has 1 saturated heterocycles. The summed E-state index contributed by atoms with van der Waals surface area (Å²) in [5.74, 6) is 1.30. The highest BCUT2D eigenvalue weighted by Gasteiger charge is 2.31. The SMILES string of the molecule is CCOc1cccc(OC2CNC(C(=O)OC)C2)c1. The Morgan fingerprint density at radius 1 is 1.42 bits per heavy atom. The van der Waals surface area contributed by atoms with Gasteiger partial charge in [0.15, 0.2) is 0 Å². The molecule has 1 aliphatic rings. The molecule has 5 nitrogen and oxygen atoms in total. The summed E-state index contributed by atoms with van der Waals surface area (Å²) in [4.78, 5) is 11.4. The number of rotatable bonds is 5. The summed E-state index contributed by atoms with van der Waals surface area (Å²) in [5, 5.41) is 3.09. The first-order chi connectivity index (χ1) is 9.22. The molecule has 1 aromatic rings. The molecule has 2 rings (SSSR count). The predicted molar refractivity (Wildman–Crippen MR) is 70.5 cm³/mol. The minimum atomic E-state index is -0.273. The molecule has 2 atom stereocenters. The molecule has 0 spiro atoms. The summed E-state index contributed by atoms with van der Waals surface area (Å²) >= 11 is 0. The number of benzene rings is 1. The molecule has 1 aliphatic heterocycles. The average Bonchev–Trinajstić information content (AvgIpc) is 2.87. The number of hydrogen-bond acceptors (Lipinski definition) is 5. The maximum Gasteiger partial charge on any atom is 0.323 e. The molecule has 1 heterocycles. The van der Waals surface area contributed by atoms with Crippen LogP contribution in [0, 0.1) is 0 Å². The number of carbonyl (C=O) groups excluding carboxylic acids is 1. The second-order valence-corrected chi connectivity index (χ2v) is 4.37. The van der Waals surface area contributed by atoms with E-state index >= 15 is 0 Å². The largest absolute Gasteiger partial charge is 0.494 e. The van der Waals surface area contributed by atoms with Crippen LogP contribution in [0.25, 0.3) is 0 Å². The van der Waals surface area contributed by atoms with Crippen molar-refractivity contribution < 1.29 is 19.0 Å². The van der Waals surface area contributed by atoms with Crippen LogP contribution >= 0.6 is 0 Å². The van der Waals surface area contributed by atoms with Crippen molar-refractivity contribution in [2.75, 3.05) is 20.3 Å². The molecule has 0 amide bonds. The quantitative estimate of drug-likeness (QED) is 0.815. The van der Waals surface area contributed by atoms with Crippen LogP contribution < -0.4 is 14.8 Å². The van der Waals surface area contributed by atoms with E-state index < -0.39 is 0 Å². The van der Waals surface area contributed by atoms with Gasteiger partial charge in [-0.1, -0.05) is 6.07 Å². The number of hydrogen-bond donors (Lipinski definition) is 1. The maximum absolute atomic E-state index is 11.4. The first kappa shape index (κ1) is 13.7. The van der Waals surface area contributed by atoms with Gasteiger partial charge in [-0.3, -0.25) is 4.79 Å². The second kappa shape index (κ2) is 6.43. The average molecular weight is 265 g/mol. The molecule has 0 radical (unpaired) electrons. The lowest BCUT2D eigenvalue weighted by atomic mass is 10.2. The van der Waals surface area contributed by atoms with Crippen LogP contribution in [0.2, 0.25) is 0 Å². The Labute approximate surface area is 112 Å². The third-order valence-electron chi connectivity index (χ3n) is 3.00. The highest BCUT2D eigenvalue weighted by molar-refractivity contribution is 5.76.